The molecule has 0 aliphatic carbocycles. The van der Waals surface area contributed by atoms with Crippen molar-refractivity contribution in [1.82, 2.24) is 9.80 Å². The van der Waals surface area contributed by atoms with Gasteiger partial charge < -0.3 is 4.12 Å². The summed E-state index contributed by atoms with van der Waals surface area (Å²) in [6.07, 6.45) is 6.72. The maximum absolute atomic E-state index is 11.6. The summed E-state index contributed by atoms with van der Waals surface area (Å²) in [4.78, 5) is 48.9. The van der Waals surface area contributed by atoms with Crippen LogP contribution in [0.5, 0.6) is 0 Å². The highest BCUT2D eigenvalue weighted by Crippen LogP contribution is 2.24. The molecule has 0 spiro atoms. The normalized spacial score (nSPS) is 17.8. The Bertz CT molecular complexity index is 606. The van der Waals surface area contributed by atoms with E-state index in [2.05, 4.69) is 26.2 Å². The summed E-state index contributed by atoms with van der Waals surface area (Å²) in [7, 11) is -3.86. The number of carbonyl (C=O) groups excluding carboxylic acids is 4. The number of hydrogen-bond acceptors (Lipinski definition) is 5. The number of nitrogens with zero attached hydrogens (tertiary/aromatic N) is 2. The van der Waals surface area contributed by atoms with Crippen LogP contribution in [-0.2, 0) is 23.3 Å². The second kappa shape index (κ2) is 8.45. The van der Waals surface area contributed by atoms with Crippen LogP contribution in [0.3, 0.4) is 0 Å². The maximum atomic E-state index is 11.6. The van der Waals surface area contributed by atoms with E-state index in [1.807, 2.05) is 0 Å². The van der Waals surface area contributed by atoms with Crippen molar-refractivity contribution in [2.45, 2.75) is 51.1 Å². The van der Waals surface area contributed by atoms with E-state index in [0.717, 1.165) is 24.9 Å². The zero-order chi connectivity index (χ0) is 20.2. The lowest BCUT2D eigenvalue weighted by atomic mass is 10.4. The van der Waals surface area contributed by atoms with Crippen LogP contribution >= 0.6 is 0 Å². The minimum atomic E-state index is -1.93. The number of hydrogen-bond donors (Lipinski definition) is 0. The molecule has 7 nitrogen and oxygen atoms in total. The van der Waals surface area contributed by atoms with Gasteiger partial charge >= 0.3 is 0 Å². The molecule has 0 aromatic rings. The minimum absolute atomic E-state index is 0.240. The first-order valence-corrected chi connectivity index (χ1v) is 15.5. The lowest BCUT2D eigenvalue weighted by Crippen LogP contribution is -2.45. The average Bonchev–Trinajstić information content (AvgIpc) is 3.03. The lowest BCUT2D eigenvalue weighted by Gasteiger charge is -2.34. The molecule has 0 aromatic carbocycles. The van der Waals surface area contributed by atoms with Crippen LogP contribution < -0.4 is 0 Å². The van der Waals surface area contributed by atoms with Crippen LogP contribution in [-0.4, -0.2) is 63.2 Å². The smallest absolute Gasteiger partial charge is 0.253 e. The molecular formula is C18H28N2O5Si2. The summed E-state index contributed by atoms with van der Waals surface area (Å²) >= 11 is 0. The van der Waals surface area contributed by atoms with Crippen LogP contribution in [0, 0.1) is 0 Å². The van der Waals surface area contributed by atoms with Gasteiger partial charge in [-0.05, 0) is 51.1 Å². The Morgan fingerprint density at radius 2 is 0.963 bits per heavy atom. The summed E-state index contributed by atoms with van der Waals surface area (Å²) in [5, 5.41) is 0. The Labute approximate surface area is 162 Å². The fourth-order valence-electron chi connectivity index (χ4n) is 3.48. The third-order valence-corrected chi connectivity index (χ3v) is 12.2. The van der Waals surface area contributed by atoms with Gasteiger partial charge in [-0.15, -0.1) is 0 Å². The molecule has 0 bridgehead atoms. The predicted molar refractivity (Wildman–Crippen MR) is 107 cm³/mol. The van der Waals surface area contributed by atoms with E-state index in [1.165, 1.54) is 34.1 Å². The van der Waals surface area contributed by atoms with E-state index in [4.69, 9.17) is 4.12 Å². The van der Waals surface area contributed by atoms with Crippen LogP contribution in [0.15, 0.2) is 24.3 Å². The Morgan fingerprint density at radius 3 is 1.26 bits per heavy atom. The largest absolute Gasteiger partial charge is 0.455 e. The zero-order valence-corrected chi connectivity index (χ0v) is 18.5. The monoisotopic (exact) mass is 408 g/mol. The summed E-state index contributed by atoms with van der Waals surface area (Å²) in [6.45, 7) is 9.49. The molecule has 0 atom stereocenters. The molecule has 0 N–H and O–H groups in total. The Kier molecular flexibility index (Phi) is 6.71. The van der Waals surface area contributed by atoms with Crippen molar-refractivity contribution >= 4 is 40.3 Å². The molecule has 0 saturated heterocycles. The van der Waals surface area contributed by atoms with Gasteiger partial charge in [0.2, 0.25) is 0 Å². The highest BCUT2D eigenvalue weighted by atomic mass is 28.4. The van der Waals surface area contributed by atoms with Crippen molar-refractivity contribution in [3.8, 4) is 0 Å². The van der Waals surface area contributed by atoms with Crippen LogP contribution in [0.25, 0.3) is 0 Å². The third kappa shape index (κ3) is 6.08. The highest BCUT2D eigenvalue weighted by molar-refractivity contribution is 6.84. The summed E-state index contributed by atoms with van der Waals surface area (Å²) in [5.74, 6) is -0.961. The third-order valence-electron chi connectivity index (χ3n) is 4.67. The molecule has 2 heterocycles. The lowest BCUT2D eigenvalue weighted by molar-refractivity contribution is -0.138. The van der Waals surface area contributed by atoms with Crippen molar-refractivity contribution in [3.05, 3.63) is 24.3 Å². The number of amides is 4. The van der Waals surface area contributed by atoms with Crippen molar-refractivity contribution in [3.63, 3.8) is 0 Å². The van der Waals surface area contributed by atoms with Gasteiger partial charge in [0.25, 0.3) is 23.6 Å². The van der Waals surface area contributed by atoms with Gasteiger partial charge in [-0.25, -0.2) is 0 Å². The van der Waals surface area contributed by atoms with Gasteiger partial charge in [0, 0.05) is 37.4 Å². The Balaban J connectivity index is 1.73. The SMILES string of the molecule is C[Si](C)(CCCN1C(=O)C=CC1=O)O[Si](C)(C)CCCN1C(=O)C=CC1=O. The average molecular weight is 409 g/mol. The standard InChI is InChI=1S/C18H28N2O5Si2/c1-26(2,13-5-11-19-15(21)7-8-16(19)22)25-27(3,4)14-6-12-20-17(23)9-10-18(20)24/h7-10H,5-6,11-14H2,1-4H3. The van der Waals surface area contributed by atoms with Crippen molar-refractivity contribution < 1.29 is 23.3 Å². The topological polar surface area (TPSA) is 84.0 Å². The highest BCUT2D eigenvalue weighted by Gasteiger charge is 2.34. The van der Waals surface area contributed by atoms with Crippen LogP contribution in [0.2, 0.25) is 38.3 Å². The molecule has 0 aromatic heterocycles. The van der Waals surface area contributed by atoms with Gasteiger partial charge in [0.1, 0.15) is 0 Å². The van der Waals surface area contributed by atoms with Gasteiger partial charge in [0.15, 0.2) is 16.6 Å². The molecule has 9 heteroatoms. The molecule has 0 fully saturated rings. The maximum Gasteiger partial charge on any atom is 0.253 e. The first kappa shape index (κ1) is 21.5. The molecule has 148 valence electrons. The molecule has 0 saturated carbocycles. The molecule has 2 rings (SSSR count). The first-order valence-electron chi connectivity index (χ1n) is 9.28. The summed E-state index contributed by atoms with van der Waals surface area (Å²) in [5.41, 5.74) is 0. The van der Waals surface area contributed by atoms with Crippen LogP contribution in [0.1, 0.15) is 12.8 Å². The number of rotatable bonds is 10. The van der Waals surface area contributed by atoms with E-state index in [9.17, 15) is 19.2 Å². The molecule has 0 radical (unpaired) electrons. The molecule has 2 aliphatic heterocycles. The van der Waals surface area contributed by atoms with E-state index < -0.39 is 16.6 Å². The second-order valence-corrected chi connectivity index (χ2v) is 17.0. The summed E-state index contributed by atoms with van der Waals surface area (Å²) < 4.78 is 6.53. The fourth-order valence-corrected chi connectivity index (χ4v) is 12.3. The van der Waals surface area contributed by atoms with E-state index in [1.54, 1.807) is 0 Å². The van der Waals surface area contributed by atoms with Crippen molar-refractivity contribution in [1.29, 1.82) is 0 Å². The number of imide groups is 2. The van der Waals surface area contributed by atoms with E-state index in [0.29, 0.717) is 13.1 Å². The van der Waals surface area contributed by atoms with E-state index >= 15 is 0 Å². The molecule has 4 amide bonds. The molecule has 27 heavy (non-hydrogen) atoms. The quantitative estimate of drug-likeness (QED) is 0.408. The second-order valence-electron chi connectivity index (χ2n) is 8.15. The van der Waals surface area contributed by atoms with Gasteiger partial charge in [-0.2, -0.15) is 0 Å². The zero-order valence-electron chi connectivity index (χ0n) is 16.5. The summed E-state index contributed by atoms with van der Waals surface area (Å²) in [6, 6.07) is 1.74. The molecule has 2 aliphatic rings. The predicted octanol–water partition coefficient (Wildman–Crippen LogP) is 2.04. The molecule has 0 unspecified atom stereocenters. The van der Waals surface area contributed by atoms with Crippen LogP contribution in [0.4, 0.5) is 0 Å². The van der Waals surface area contributed by atoms with Gasteiger partial charge in [-0.3, -0.25) is 29.0 Å². The molecular weight excluding hydrogens is 380 g/mol. The Morgan fingerprint density at radius 1 is 0.667 bits per heavy atom. The van der Waals surface area contributed by atoms with Gasteiger partial charge in [0.05, 0.1) is 0 Å². The van der Waals surface area contributed by atoms with Gasteiger partial charge in [-0.1, -0.05) is 0 Å². The fraction of sp³-hybridized carbons (Fsp3) is 0.556. The Hall–Kier alpha value is -1.85. The van der Waals surface area contributed by atoms with Crippen molar-refractivity contribution in [2.75, 3.05) is 13.1 Å². The number of carbonyl (C=O) groups is 4. The first-order chi connectivity index (χ1) is 12.5. The minimum Gasteiger partial charge on any atom is -0.455 e. The van der Waals surface area contributed by atoms with E-state index in [-0.39, 0.29) is 23.6 Å². The van der Waals surface area contributed by atoms with Crippen molar-refractivity contribution in [2.24, 2.45) is 0 Å².